The van der Waals surface area contributed by atoms with Gasteiger partial charge in [-0.1, -0.05) is 80.1 Å². The second kappa shape index (κ2) is 104. The predicted molar refractivity (Wildman–Crippen MR) is 271 cm³/mol. The molecular weight excluding hydrogens is 1020 g/mol. The standard InChI is InChI=1S/2C12H27N.12BH3O3/c2*1-4-7-10-13(11-8-5-2)12-9-6-3;12*2-1(3)4/h2*4-12H2,1-3H3;12*2-4H. The third-order valence-electron chi connectivity index (χ3n) is 4.97. The highest BCUT2D eigenvalue weighted by Gasteiger charge is 2.03. The molecule has 0 saturated carbocycles. The minimum absolute atomic E-state index is 1.32. The van der Waals surface area contributed by atoms with Gasteiger partial charge >= 0.3 is 87.9 Å². The molecule has 0 amide bonds. The van der Waals surface area contributed by atoms with E-state index in [9.17, 15) is 0 Å². The molecule has 36 N–H and O–H groups in total. The lowest BCUT2D eigenvalue weighted by molar-refractivity contribution is 0.261. The summed E-state index contributed by atoms with van der Waals surface area (Å²) in [7, 11) is -26.0. The van der Waals surface area contributed by atoms with E-state index in [-0.39, 0.29) is 0 Å². The van der Waals surface area contributed by atoms with Gasteiger partial charge in [0.2, 0.25) is 0 Å². The Bertz CT molecular complexity index is 579. The van der Waals surface area contributed by atoms with Crippen molar-refractivity contribution in [1.29, 1.82) is 0 Å². The first kappa shape index (κ1) is 109. The summed E-state index contributed by atoms with van der Waals surface area (Å²) in [6.45, 7) is 21.5. The number of unbranched alkanes of at least 4 members (excludes halogenated alkanes) is 6. The van der Waals surface area contributed by atoms with Crippen molar-refractivity contribution in [3.8, 4) is 0 Å². The van der Waals surface area contributed by atoms with Crippen molar-refractivity contribution in [1.82, 2.24) is 9.80 Å². The summed E-state index contributed by atoms with van der Waals surface area (Å²) in [6.07, 6.45) is 16.2. The van der Waals surface area contributed by atoms with Gasteiger partial charge < -0.3 is 191 Å². The second-order valence-corrected chi connectivity index (χ2v) is 12.0. The maximum Gasteiger partial charge on any atom is 0.631 e. The number of hydrogen-bond donors (Lipinski definition) is 36. The zero-order chi connectivity index (χ0) is 62.8. The average Bonchev–Trinajstić information content (AvgIpc) is 3.15. The molecule has 0 saturated heterocycles. The Hall–Kier alpha value is -0.741. The van der Waals surface area contributed by atoms with E-state index in [0.29, 0.717) is 0 Å². The van der Waals surface area contributed by atoms with Crippen LogP contribution in [0.4, 0.5) is 0 Å². The molecule has 0 heterocycles. The lowest BCUT2D eigenvalue weighted by atomic mass is 10.2. The Balaban J connectivity index is -0.0000000454. The van der Waals surface area contributed by atoms with Crippen molar-refractivity contribution in [3.05, 3.63) is 0 Å². The number of nitrogens with zero attached hydrogens (tertiary/aromatic N) is 2. The van der Waals surface area contributed by atoms with E-state index in [1.807, 2.05) is 0 Å². The van der Waals surface area contributed by atoms with Crippen LogP contribution in [-0.2, 0) is 0 Å². The number of rotatable bonds is 18. The summed E-state index contributed by atoms with van der Waals surface area (Å²) in [6, 6.07) is 0. The zero-order valence-corrected chi connectivity index (χ0v) is 42.7. The molecule has 0 aromatic heterocycles. The molecule has 0 aliphatic heterocycles. The SMILES string of the molecule is CCCCN(CCCC)CCCC.CCCCN(CCCC)CCCC.OB(O)O.OB(O)O.OB(O)O.OB(O)O.OB(O)O.OB(O)O.OB(O)O.OB(O)O.OB(O)O.OB(O)O.OB(O)O.OB(O)O. The van der Waals surface area contributed by atoms with E-state index >= 15 is 0 Å². The van der Waals surface area contributed by atoms with E-state index in [2.05, 4.69) is 51.3 Å². The van der Waals surface area contributed by atoms with Gasteiger partial charge in [0.25, 0.3) is 0 Å². The summed E-state index contributed by atoms with van der Waals surface area (Å²) in [5, 5.41) is 258. The predicted octanol–water partition coefficient (Wildman–Crippen LogP) is -17.2. The van der Waals surface area contributed by atoms with Crippen LogP contribution in [0.3, 0.4) is 0 Å². The quantitative estimate of drug-likeness (QED) is 0.0567. The van der Waals surface area contributed by atoms with Crippen molar-refractivity contribution in [2.24, 2.45) is 0 Å². The molecule has 38 nitrogen and oxygen atoms in total. The van der Waals surface area contributed by atoms with Gasteiger partial charge in [-0.2, -0.15) is 0 Å². The normalized spacial score (nSPS) is 8.27. The molecular formula is C24H90B12N2O36. The molecule has 0 atom stereocenters. The van der Waals surface area contributed by atoms with Gasteiger partial charge in [-0.05, 0) is 77.8 Å². The van der Waals surface area contributed by atoms with Crippen molar-refractivity contribution >= 4 is 87.9 Å². The van der Waals surface area contributed by atoms with Crippen LogP contribution in [0.15, 0.2) is 0 Å². The molecule has 0 spiro atoms. The third-order valence-corrected chi connectivity index (χ3v) is 4.97. The van der Waals surface area contributed by atoms with Gasteiger partial charge in [0.15, 0.2) is 0 Å². The largest absolute Gasteiger partial charge is 0.631 e. The van der Waals surface area contributed by atoms with Gasteiger partial charge in [0.05, 0.1) is 0 Å². The molecule has 0 radical (unpaired) electrons. The Labute approximate surface area is 435 Å². The Morgan fingerprint density at radius 2 is 0.216 bits per heavy atom. The Kier molecular flexibility index (Phi) is 154. The highest BCUT2D eigenvalue weighted by molar-refractivity contribution is 6.33. The Morgan fingerprint density at radius 3 is 0.257 bits per heavy atom. The minimum Gasteiger partial charge on any atom is -0.402 e. The van der Waals surface area contributed by atoms with Crippen LogP contribution in [0.1, 0.15) is 119 Å². The highest BCUT2D eigenvalue weighted by atomic mass is 16.6. The molecule has 0 aliphatic carbocycles. The van der Waals surface area contributed by atoms with Gasteiger partial charge in [0, 0.05) is 0 Å². The lowest BCUT2D eigenvalue weighted by Gasteiger charge is -2.21. The van der Waals surface area contributed by atoms with E-state index in [0.717, 1.165) is 0 Å². The average molecular weight is 1110 g/mol. The lowest BCUT2D eigenvalue weighted by Crippen LogP contribution is -2.27. The maximum atomic E-state index is 7.17. The van der Waals surface area contributed by atoms with E-state index in [1.54, 1.807) is 0 Å². The van der Waals surface area contributed by atoms with Gasteiger partial charge in [-0.15, -0.1) is 0 Å². The summed E-state index contributed by atoms with van der Waals surface area (Å²) in [5.74, 6) is 0. The molecule has 0 rings (SSSR count). The van der Waals surface area contributed by atoms with E-state index in [4.69, 9.17) is 181 Å². The van der Waals surface area contributed by atoms with Gasteiger partial charge in [-0.25, -0.2) is 0 Å². The monoisotopic (exact) mass is 1110 g/mol. The highest BCUT2D eigenvalue weighted by Crippen LogP contribution is 2.02. The number of hydrogen-bond acceptors (Lipinski definition) is 38. The first-order valence-corrected chi connectivity index (χ1v) is 21.4. The fraction of sp³-hybridized carbons (Fsp3) is 1.00. The summed E-state index contributed by atoms with van der Waals surface area (Å²) >= 11 is 0. The van der Waals surface area contributed by atoms with Gasteiger partial charge in [0.1, 0.15) is 0 Å². The van der Waals surface area contributed by atoms with Crippen LogP contribution in [0, 0.1) is 0 Å². The van der Waals surface area contributed by atoms with E-state index in [1.165, 1.54) is 116 Å². The van der Waals surface area contributed by atoms with E-state index < -0.39 is 87.9 Å². The molecule has 0 aromatic rings. The first-order chi connectivity index (χ1) is 33.5. The first-order valence-electron chi connectivity index (χ1n) is 21.4. The molecule has 0 aliphatic rings. The fourth-order valence-corrected chi connectivity index (χ4v) is 2.96. The Morgan fingerprint density at radius 1 is 0.162 bits per heavy atom. The molecule has 448 valence electrons. The zero-order valence-electron chi connectivity index (χ0n) is 42.7. The summed E-state index contributed by atoms with van der Waals surface area (Å²) < 4.78 is 0. The van der Waals surface area contributed by atoms with Crippen LogP contribution in [0.5, 0.6) is 0 Å². The van der Waals surface area contributed by atoms with Crippen LogP contribution in [-0.4, -0.2) is 318 Å². The minimum atomic E-state index is -2.17. The van der Waals surface area contributed by atoms with Gasteiger partial charge in [-0.3, -0.25) is 0 Å². The van der Waals surface area contributed by atoms with Crippen molar-refractivity contribution in [2.45, 2.75) is 119 Å². The second-order valence-electron chi connectivity index (χ2n) is 12.0. The topological polar surface area (TPSA) is 735 Å². The molecule has 74 heavy (non-hydrogen) atoms. The summed E-state index contributed by atoms with van der Waals surface area (Å²) in [5.41, 5.74) is 0. The molecule has 0 fully saturated rings. The molecule has 0 bridgehead atoms. The fourth-order valence-electron chi connectivity index (χ4n) is 2.96. The van der Waals surface area contributed by atoms with Crippen LogP contribution < -0.4 is 0 Å². The van der Waals surface area contributed by atoms with Crippen molar-refractivity contribution in [2.75, 3.05) is 39.3 Å². The van der Waals surface area contributed by atoms with Crippen LogP contribution in [0.25, 0.3) is 0 Å². The van der Waals surface area contributed by atoms with Crippen molar-refractivity contribution < 1.29 is 181 Å². The molecule has 0 aromatic carbocycles. The molecule has 0 unspecified atom stereocenters. The van der Waals surface area contributed by atoms with Crippen LogP contribution in [0.2, 0.25) is 0 Å². The maximum absolute atomic E-state index is 7.17. The van der Waals surface area contributed by atoms with Crippen LogP contribution >= 0.6 is 0 Å². The third kappa shape index (κ3) is 650. The summed E-state index contributed by atoms with van der Waals surface area (Å²) in [4.78, 5) is 5.27. The smallest absolute Gasteiger partial charge is 0.402 e. The van der Waals surface area contributed by atoms with Crippen molar-refractivity contribution in [3.63, 3.8) is 0 Å². The molecule has 50 heteroatoms.